The molecule has 0 amide bonds. The molecular weight excluding hydrogens is 330 g/mol. The first-order valence-corrected chi connectivity index (χ1v) is 8.69. The fourth-order valence-corrected chi connectivity index (χ4v) is 2.76. The topological polar surface area (TPSA) is 71.6 Å². The van der Waals surface area contributed by atoms with Gasteiger partial charge in [-0.3, -0.25) is 4.90 Å². The minimum atomic E-state index is 0.0775. The molecule has 6 heteroatoms. The van der Waals surface area contributed by atoms with Gasteiger partial charge in [0.25, 0.3) is 0 Å². The Morgan fingerprint density at radius 2 is 1.85 bits per heavy atom. The monoisotopic (exact) mass is 353 g/mol. The summed E-state index contributed by atoms with van der Waals surface area (Å²) >= 11 is 0. The Balaban J connectivity index is 1.67. The van der Waals surface area contributed by atoms with Crippen LogP contribution in [0.4, 0.5) is 0 Å². The van der Waals surface area contributed by atoms with E-state index in [4.69, 9.17) is 9.15 Å². The van der Waals surface area contributed by atoms with E-state index in [9.17, 15) is 5.11 Å². The zero-order valence-corrected chi connectivity index (χ0v) is 14.8. The highest BCUT2D eigenvalue weighted by atomic mass is 16.5. The van der Waals surface area contributed by atoms with Crippen molar-refractivity contribution in [2.75, 3.05) is 6.61 Å². The maximum atomic E-state index is 9.71. The van der Waals surface area contributed by atoms with Crippen LogP contribution in [0, 0.1) is 0 Å². The Morgan fingerprint density at radius 3 is 2.46 bits per heavy atom. The van der Waals surface area contributed by atoms with Crippen molar-refractivity contribution in [2.45, 2.75) is 32.5 Å². The Bertz CT molecular complexity index is 757. The highest BCUT2D eigenvalue weighted by molar-refractivity contribution is 5.29. The molecule has 0 saturated heterocycles. The Labute approximate surface area is 153 Å². The van der Waals surface area contributed by atoms with Crippen LogP contribution < -0.4 is 4.74 Å². The lowest BCUT2D eigenvalue weighted by molar-refractivity contribution is 0.0998. The minimum absolute atomic E-state index is 0.0775. The zero-order valence-electron chi connectivity index (χ0n) is 14.8. The average Bonchev–Trinajstić information content (AvgIpc) is 3.18. The average molecular weight is 353 g/mol. The van der Waals surface area contributed by atoms with Crippen molar-refractivity contribution < 1.29 is 14.3 Å². The predicted octanol–water partition coefficient (Wildman–Crippen LogP) is 3.64. The quantitative estimate of drug-likeness (QED) is 0.633. The van der Waals surface area contributed by atoms with Gasteiger partial charge in [-0.05, 0) is 42.3 Å². The van der Waals surface area contributed by atoms with Crippen LogP contribution in [0.15, 0.2) is 65.5 Å². The van der Waals surface area contributed by atoms with Crippen LogP contribution in [0.25, 0.3) is 0 Å². The Morgan fingerprint density at radius 1 is 1.08 bits per heavy atom. The van der Waals surface area contributed by atoms with Crippen LogP contribution in [0.1, 0.15) is 24.7 Å². The lowest BCUT2D eigenvalue weighted by Gasteiger charge is -2.29. The summed E-state index contributed by atoms with van der Waals surface area (Å²) in [6.07, 6.45) is 5.82. The van der Waals surface area contributed by atoms with E-state index in [1.165, 1.54) is 0 Å². The number of benzene rings is 1. The molecule has 0 bridgehead atoms. The van der Waals surface area contributed by atoms with Crippen LogP contribution in [-0.4, -0.2) is 32.6 Å². The van der Waals surface area contributed by atoms with Crippen molar-refractivity contribution in [3.63, 3.8) is 0 Å². The van der Waals surface area contributed by atoms with E-state index in [-0.39, 0.29) is 12.6 Å². The summed E-state index contributed by atoms with van der Waals surface area (Å²) < 4.78 is 11.1. The number of aliphatic hydroxyl groups excluding tert-OH is 1. The lowest BCUT2D eigenvalue weighted by Crippen LogP contribution is -2.36. The van der Waals surface area contributed by atoms with Crippen LogP contribution in [0.5, 0.6) is 11.8 Å². The smallest absolute Gasteiger partial charge is 0.321 e. The van der Waals surface area contributed by atoms with Crippen LogP contribution >= 0.6 is 0 Å². The third-order valence-electron chi connectivity index (χ3n) is 4.20. The molecule has 1 aromatic carbocycles. The number of aliphatic hydroxyl groups is 1. The van der Waals surface area contributed by atoms with Gasteiger partial charge in [-0.15, -0.1) is 0 Å². The SMILES string of the molecule is CC[C@H](CO)N(Cc1ccc(Oc2ncccn2)cc1)Cc1ccco1. The highest BCUT2D eigenvalue weighted by Gasteiger charge is 2.18. The molecule has 1 N–H and O–H groups in total. The number of aromatic nitrogens is 2. The van der Waals surface area contributed by atoms with E-state index >= 15 is 0 Å². The molecule has 2 heterocycles. The number of nitrogens with zero attached hydrogens (tertiary/aromatic N) is 3. The minimum Gasteiger partial charge on any atom is -0.468 e. The summed E-state index contributed by atoms with van der Waals surface area (Å²) in [6.45, 7) is 3.56. The van der Waals surface area contributed by atoms with Crippen molar-refractivity contribution in [3.05, 3.63) is 72.4 Å². The third-order valence-corrected chi connectivity index (χ3v) is 4.20. The van der Waals surface area contributed by atoms with Crippen LogP contribution in [-0.2, 0) is 13.1 Å². The fourth-order valence-electron chi connectivity index (χ4n) is 2.76. The van der Waals surface area contributed by atoms with Gasteiger partial charge in [-0.1, -0.05) is 19.1 Å². The summed E-state index contributed by atoms with van der Waals surface area (Å²) in [6, 6.07) is 13.8. The maximum Gasteiger partial charge on any atom is 0.321 e. The van der Waals surface area contributed by atoms with E-state index < -0.39 is 0 Å². The lowest BCUT2D eigenvalue weighted by atomic mass is 10.1. The predicted molar refractivity (Wildman–Crippen MR) is 97.7 cm³/mol. The van der Waals surface area contributed by atoms with E-state index in [1.807, 2.05) is 36.4 Å². The van der Waals surface area contributed by atoms with Gasteiger partial charge in [0.1, 0.15) is 11.5 Å². The first kappa shape index (κ1) is 18.1. The summed E-state index contributed by atoms with van der Waals surface area (Å²) in [5.41, 5.74) is 1.13. The molecule has 3 aromatic rings. The number of rotatable bonds is 9. The van der Waals surface area contributed by atoms with Gasteiger partial charge in [0.15, 0.2) is 0 Å². The van der Waals surface area contributed by atoms with Crippen molar-refractivity contribution in [2.24, 2.45) is 0 Å². The van der Waals surface area contributed by atoms with Crippen molar-refractivity contribution >= 4 is 0 Å². The zero-order chi connectivity index (χ0) is 18.2. The molecule has 0 aliphatic rings. The Kier molecular flexibility index (Phi) is 6.35. The standard InChI is InChI=1S/C20H23N3O3/c1-2-17(15-24)23(14-19-5-3-12-25-19)13-16-6-8-18(9-7-16)26-20-21-10-4-11-22-20/h3-12,17,24H,2,13-15H2,1H3/t17-/m1/s1. The number of ether oxygens (including phenoxy) is 1. The third kappa shape index (κ3) is 4.91. The van der Waals surface area contributed by atoms with E-state index in [0.29, 0.717) is 24.8 Å². The highest BCUT2D eigenvalue weighted by Crippen LogP contribution is 2.20. The van der Waals surface area contributed by atoms with Gasteiger partial charge in [-0.2, -0.15) is 0 Å². The van der Waals surface area contributed by atoms with Gasteiger partial charge in [0.2, 0.25) is 0 Å². The molecule has 0 spiro atoms. The van der Waals surface area contributed by atoms with Gasteiger partial charge < -0.3 is 14.3 Å². The maximum absolute atomic E-state index is 9.71. The molecule has 0 fully saturated rings. The summed E-state index contributed by atoms with van der Waals surface area (Å²) in [4.78, 5) is 10.3. The Hall–Kier alpha value is -2.70. The first-order chi connectivity index (χ1) is 12.8. The summed E-state index contributed by atoms with van der Waals surface area (Å²) in [5, 5.41) is 9.71. The molecule has 0 unspecified atom stereocenters. The van der Waals surface area contributed by atoms with E-state index in [1.54, 1.807) is 24.7 Å². The molecule has 0 radical (unpaired) electrons. The second-order valence-corrected chi connectivity index (χ2v) is 6.01. The molecular formula is C20H23N3O3. The molecule has 2 aromatic heterocycles. The van der Waals surface area contributed by atoms with Gasteiger partial charge >= 0.3 is 6.01 Å². The number of hydrogen-bond donors (Lipinski definition) is 1. The molecule has 136 valence electrons. The van der Waals surface area contributed by atoms with E-state index in [2.05, 4.69) is 21.8 Å². The number of hydrogen-bond acceptors (Lipinski definition) is 6. The van der Waals surface area contributed by atoms with Gasteiger partial charge in [-0.25, -0.2) is 9.97 Å². The largest absolute Gasteiger partial charge is 0.468 e. The fraction of sp³-hybridized carbons (Fsp3) is 0.300. The van der Waals surface area contributed by atoms with Gasteiger partial charge in [0, 0.05) is 25.0 Å². The molecule has 0 aliphatic heterocycles. The molecule has 0 aliphatic carbocycles. The van der Waals surface area contributed by atoms with Gasteiger partial charge in [0.05, 0.1) is 19.4 Å². The van der Waals surface area contributed by atoms with Crippen molar-refractivity contribution in [1.82, 2.24) is 14.9 Å². The normalized spacial score (nSPS) is 12.3. The molecule has 26 heavy (non-hydrogen) atoms. The number of furan rings is 1. The molecule has 0 saturated carbocycles. The summed E-state index contributed by atoms with van der Waals surface area (Å²) in [5.74, 6) is 1.57. The van der Waals surface area contributed by atoms with Crippen LogP contribution in [0.3, 0.4) is 0 Å². The van der Waals surface area contributed by atoms with Crippen molar-refractivity contribution in [1.29, 1.82) is 0 Å². The first-order valence-electron chi connectivity index (χ1n) is 8.69. The summed E-state index contributed by atoms with van der Waals surface area (Å²) in [7, 11) is 0. The van der Waals surface area contributed by atoms with Crippen molar-refractivity contribution in [3.8, 4) is 11.8 Å². The molecule has 6 nitrogen and oxygen atoms in total. The second kappa shape index (κ2) is 9.12. The van der Waals surface area contributed by atoms with E-state index in [0.717, 1.165) is 17.7 Å². The second-order valence-electron chi connectivity index (χ2n) is 6.01. The van der Waals surface area contributed by atoms with Crippen LogP contribution in [0.2, 0.25) is 0 Å². The molecule has 3 rings (SSSR count). The molecule has 1 atom stereocenters.